The number of para-hydroxylation sites is 1. The molecule has 1 fully saturated rings. The monoisotopic (exact) mass is 278 g/mol. The van der Waals surface area contributed by atoms with Gasteiger partial charge in [-0.2, -0.15) is 0 Å². The van der Waals surface area contributed by atoms with Gasteiger partial charge in [-0.15, -0.1) is 0 Å². The van der Waals surface area contributed by atoms with Crippen LogP contribution in [0.3, 0.4) is 0 Å². The number of hydrogen-bond donors (Lipinski definition) is 1. The summed E-state index contributed by atoms with van der Waals surface area (Å²) in [5.74, 6) is 0. The fourth-order valence-electron chi connectivity index (χ4n) is 2.91. The van der Waals surface area contributed by atoms with Gasteiger partial charge in [-0.25, -0.2) is 9.18 Å². The number of ether oxygens (including phenoxy) is 1. The Labute approximate surface area is 117 Å². The molecule has 0 bridgehead atoms. The lowest BCUT2D eigenvalue weighted by Gasteiger charge is -2.29. The van der Waals surface area contributed by atoms with Crippen LogP contribution in [0.25, 0.3) is 0 Å². The fourth-order valence-corrected chi connectivity index (χ4v) is 2.91. The standard InChI is InChI=1S/C15H19FN2O2/c1-14(2,3)20-13(19)18-9-8-15(16)10-6-4-5-7-11(10)17-12(15)18/h4-7,12,17H,8-9H2,1-3H3. The molecule has 2 atom stereocenters. The fraction of sp³-hybridized carbons (Fsp3) is 0.533. The summed E-state index contributed by atoms with van der Waals surface area (Å²) in [4.78, 5) is 13.6. The highest BCUT2D eigenvalue weighted by molar-refractivity contribution is 5.72. The molecular formula is C15H19FN2O2. The van der Waals surface area contributed by atoms with Crippen molar-refractivity contribution in [2.24, 2.45) is 0 Å². The Kier molecular flexibility index (Phi) is 2.71. The summed E-state index contributed by atoms with van der Waals surface area (Å²) in [7, 11) is 0. The average molecular weight is 278 g/mol. The SMILES string of the molecule is CC(C)(C)OC(=O)N1CCC2(F)c3ccccc3NC12. The maximum absolute atomic E-state index is 15.2. The minimum absolute atomic E-state index is 0.293. The summed E-state index contributed by atoms with van der Waals surface area (Å²) >= 11 is 0. The van der Waals surface area contributed by atoms with Crippen LogP contribution in [-0.4, -0.2) is 29.3 Å². The molecule has 0 radical (unpaired) electrons. The topological polar surface area (TPSA) is 41.6 Å². The Morgan fingerprint density at radius 1 is 1.45 bits per heavy atom. The van der Waals surface area contributed by atoms with Gasteiger partial charge in [0.05, 0.1) is 0 Å². The number of anilines is 1. The van der Waals surface area contributed by atoms with Crippen LogP contribution in [0.1, 0.15) is 32.8 Å². The van der Waals surface area contributed by atoms with Crippen molar-refractivity contribution in [1.29, 1.82) is 0 Å². The zero-order chi connectivity index (χ0) is 14.5. The van der Waals surface area contributed by atoms with Crippen LogP contribution in [0.4, 0.5) is 14.9 Å². The highest BCUT2D eigenvalue weighted by Crippen LogP contribution is 2.49. The van der Waals surface area contributed by atoms with E-state index in [1.807, 2.05) is 18.2 Å². The smallest absolute Gasteiger partial charge is 0.412 e. The number of carbonyl (C=O) groups is 1. The molecule has 1 saturated heterocycles. The number of likely N-dealkylation sites (tertiary alicyclic amines) is 1. The number of nitrogens with one attached hydrogen (secondary N) is 1. The number of hydrogen-bond acceptors (Lipinski definition) is 3. The molecule has 0 aromatic heterocycles. The van der Waals surface area contributed by atoms with Crippen LogP contribution >= 0.6 is 0 Å². The number of carbonyl (C=O) groups excluding carboxylic acids is 1. The van der Waals surface area contributed by atoms with Crippen molar-refractivity contribution >= 4 is 11.8 Å². The second kappa shape index (κ2) is 4.11. The number of nitrogens with zero attached hydrogens (tertiary/aromatic N) is 1. The molecule has 3 rings (SSSR count). The quantitative estimate of drug-likeness (QED) is 0.792. The Balaban J connectivity index is 1.86. The summed E-state index contributed by atoms with van der Waals surface area (Å²) in [5.41, 5.74) is -0.707. The molecule has 108 valence electrons. The lowest BCUT2D eigenvalue weighted by Crippen LogP contribution is -2.46. The number of fused-ring (bicyclic) bond motifs is 3. The van der Waals surface area contributed by atoms with Gasteiger partial charge in [0, 0.05) is 24.2 Å². The maximum atomic E-state index is 15.2. The van der Waals surface area contributed by atoms with Gasteiger partial charge in [0.1, 0.15) is 11.8 Å². The Hall–Kier alpha value is -1.78. The van der Waals surface area contributed by atoms with Gasteiger partial charge < -0.3 is 10.1 Å². The molecule has 2 heterocycles. The van der Waals surface area contributed by atoms with Gasteiger partial charge in [-0.1, -0.05) is 18.2 Å². The first-order chi connectivity index (χ1) is 9.31. The number of rotatable bonds is 0. The molecular weight excluding hydrogens is 259 g/mol. The van der Waals surface area contributed by atoms with E-state index in [0.717, 1.165) is 5.69 Å². The molecule has 1 aromatic rings. The first-order valence-corrected chi connectivity index (χ1v) is 6.86. The third-order valence-corrected chi connectivity index (χ3v) is 3.76. The summed E-state index contributed by atoms with van der Waals surface area (Å²) in [6.07, 6.45) is -0.849. The first kappa shape index (κ1) is 13.2. The minimum Gasteiger partial charge on any atom is -0.444 e. The van der Waals surface area contributed by atoms with E-state index in [0.29, 0.717) is 18.5 Å². The van der Waals surface area contributed by atoms with E-state index < -0.39 is 23.5 Å². The van der Waals surface area contributed by atoms with E-state index in [-0.39, 0.29) is 0 Å². The molecule has 20 heavy (non-hydrogen) atoms. The lowest BCUT2D eigenvalue weighted by molar-refractivity contribution is 0.0170. The first-order valence-electron chi connectivity index (χ1n) is 6.86. The molecule has 0 saturated carbocycles. The molecule has 1 N–H and O–H groups in total. The van der Waals surface area contributed by atoms with Crippen LogP contribution in [0.5, 0.6) is 0 Å². The zero-order valence-electron chi connectivity index (χ0n) is 11.9. The van der Waals surface area contributed by atoms with Gasteiger partial charge in [0.2, 0.25) is 0 Å². The van der Waals surface area contributed by atoms with Crippen molar-refractivity contribution < 1.29 is 13.9 Å². The molecule has 2 unspecified atom stereocenters. The van der Waals surface area contributed by atoms with E-state index in [2.05, 4.69) is 5.32 Å². The Morgan fingerprint density at radius 2 is 2.15 bits per heavy atom. The van der Waals surface area contributed by atoms with Crippen molar-refractivity contribution in [2.45, 2.75) is 44.6 Å². The second-order valence-corrected chi connectivity index (χ2v) is 6.38. The predicted octanol–water partition coefficient (Wildman–Crippen LogP) is 3.24. The molecule has 0 aliphatic carbocycles. The molecule has 1 amide bonds. The van der Waals surface area contributed by atoms with Gasteiger partial charge in [-0.3, -0.25) is 4.90 Å². The largest absolute Gasteiger partial charge is 0.444 e. The molecule has 0 spiro atoms. The predicted molar refractivity (Wildman–Crippen MR) is 74.2 cm³/mol. The van der Waals surface area contributed by atoms with E-state index in [1.54, 1.807) is 26.8 Å². The highest BCUT2D eigenvalue weighted by Gasteiger charge is 2.56. The van der Waals surface area contributed by atoms with Crippen molar-refractivity contribution in [2.75, 3.05) is 11.9 Å². The van der Waals surface area contributed by atoms with E-state index in [9.17, 15) is 4.79 Å². The number of halogens is 1. The van der Waals surface area contributed by atoms with Crippen LogP contribution < -0.4 is 5.32 Å². The number of alkyl halides is 1. The molecule has 5 heteroatoms. The highest BCUT2D eigenvalue weighted by atomic mass is 19.1. The molecule has 4 nitrogen and oxygen atoms in total. The van der Waals surface area contributed by atoms with Crippen LogP contribution in [-0.2, 0) is 10.4 Å². The summed E-state index contributed by atoms with van der Waals surface area (Å²) in [6, 6.07) is 7.29. The molecule has 2 aliphatic heterocycles. The van der Waals surface area contributed by atoms with Gasteiger partial charge >= 0.3 is 6.09 Å². The van der Waals surface area contributed by atoms with Crippen molar-refractivity contribution in [3.05, 3.63) is 29.8 Å². The number of amides is 1. The van der Waals surface area contributed by atoms with E-state index >= 15 is 4.39 Å². The van der Waals surface area contributed by atoms with E-state index in [1.165, 1.54) is 4.90 Å². The van der Waals surface area contributed by atoms with Gasteiger partial charge in [-0.05, 0) is 26.8 Å². The van der Waals surface area contributed by atoms with Crippen molar-refractivity contribution in [3.8, 4) is 0 Å². The summed E-state index contributed by atoms with van der Waals surface area (Å²) in [5, 5.41) is 3.10. The van der Waals surface area contributed by atoms with Gasteiger partial charge in [0.15, 0.2) is 5.67 Å². The molecule has 2 aliphatic rings. The third kappa shape index (κ3) is 1.92. The van der Waals surface area contributed by atoms with E-state index in [4.69, 9.17) is 4.74 Å². The normalized spacial score (nSPS) is 27.8. The summed E-state index contributed by atoms with van der Waals surface area (Å²) in [6.45, 7) is 5.78. The van der Waals surface area contributed by atoms with Crippen LogP contribution in [0, 0.1) is 0 Å². The Bertz CT molecular complexity index is 555. The van der Waals surface area contributed by atoms with Crippen LogP contribution in [0.2, 0.25) is 0 Å². The summed E-state index contributed by atoms with van der Waals surface area (Å²) < 4.78 is 20.6. The number of benzene rings is 1. The van der Waals surface area contributed by atoms with Crippen molar-refractivity contribution in [1.82, 2.24) is 4.90 Å². The molecule has 1 aromatic carbocycles. The van der Waals surface area contributed by atoms with Gasteiger partial charge in [0.25, 0.3) is 0 Å². The van der Waals surface area contributed by atoms with Crippen LogP contribution in [0.15, 0.2) is 24.3 Å². The average Bonchev–Trinajstić information content (AvgIpc) is 2.79. The second-order valence-electron chi connectivity index (χ2n) is 6.38. The minimum atomic E-state index is -1.52. The van der Waals surface area contributed by atoms with Crippen molar-refractivity contribution in [3.63, 3.8) is 0 Å². The zero-order valence-corrected chi connectivity index (χ0v) is 11.9. The Morgan fingerprint density at radius 3 is 2.85 bits per heavy atom. The lowest BCUT2D eigenvalue weighted by atomic mass is 9.95. The third-order valence-electron chi connectivity index (χ3n) is 3.76. The maximum Gasteiger partial charge on any atom is 0.412 e.